The molecule has 1 aromatic heterocycles. The van der Waals surface area contributed by atoms with Crippen LogP contribution in [0.4, 0.5) is 5.69 Å². The second-order valence-corrected chi connectivity index (χ2v) is 7.68. The first-order valence-electron chi connectivity index (χ1n) is 10.6. The zero-order valence-corrected chi connectivity index (χ0v) is 17.5. The molecule has 0 saturated carbocycles. The second-order valence-electron chi connectivity index (χ2n) is 7.68. The van der Waals surface area contributed by atoms with Crippen LogP contribution in [0.2, 0.25) is 0 Å². The van der Waals surface area contributed by atoms with Crippen molar-refractivity contribution >= 4 is 28.5 Å². The van der Waals surface area contributed by atoms with Crippen molar-refractivity contribution in [1.82, 2.24) is 4.98 Å². The molecule has 2 aromatic carbocycles. The molecule has 3 aromatic rings. The average Bonchev–Trinajstić information content (AvgIpc) is 3.00. The summed E-state index contributed by atoms with van der Waals surface area (Å²) in [5.41, 5.74) is 6.18. The Balaban J connectivity index is 0.000000265. The van der Waals surface area contributed by atoms with Crippen molar-refractivity contribution in [3.63, 3.8) is 0 Å². The molecule has 164 valence electrons. The SMILES string of the molecule is O=C(O)/C=C/C(=O)O.c1ccc(C2CNc3c4c(nc5cccc(c35)O2)CCCC4)cc1. The molecular weight excluding hydrogens is 408 g/mol. The fraction of sp³-hybridized carbons (Fsp3) is 0.240. The Morgan fingerprint density at radius 1 is 0.969 bits per heavy atom. The summed E-state index contributed by atoms with van der Waals surface area (Å²) in [4.78, 5) is 24.0. The van der Waals surface area contributed by atoms with Gasteiger partial charge in [-0.3, -0.25) is 4.98 Å². The highest BCUT2D eigenvalue weighted by atomic mass is 16.5. The number of hydrogen-bond acceptors (Lipinski definition) is 5. The fourth-order valence-corrected chi connectivity index (χ4v) is 4.12. The van der Waals surface area contributed by atoms with Crippen molar-refractivity contribution in [2.24, 2.45) is 0 Å². The number of nitrogens with zero attached hydrogens (tertiary/aromatic N) is 1. The first-order valence-corrected chi connectivity index (χ1v) is 10.6. The van der Waals surface area contributed by atoms with Crippen molar-refractivity contribution in [1.29, 1.82) is 0 Å². The molecule has 1 aliphatic carbocycles. The van der Waals surface area contributed by atoms with E-state index in [0.717, 1.165) is 36.0 Å². The summed E-state index contributed by atoms with van der Waals surface area (Å²) in [7, 11) is 0. The molecule has 0 saturated heterocycles. The highest BCUT2D eigenvalue weighted by Crippen LogP contribution is 2.41. The maximum Gasteiger partial charge on any atom is 0.328 e. The number of anilines is 1. The molecule has 0 amide bonds. The molecule has 0 fully saturated rings. The highest BCUT2D eigenvalue weighted by molar-refractivity contribution is 5.98. The van der Waals surface area contributed by atoms with Gasteiger partial charge in [-0.25, -0.2) is 9.59 Å². The Kier molecular flexibility index (Phi) is 6.35. The van der Waals surface area contributed by atoms with E-state index in [1.54, 1.807) is 0 Å². The molecule has 7 heteroatoms. The van der Waals surface area contributed by atoms with Crippen molar-refractivity contribution in [2.75, 3.05) is 11.9 Å². The van der Waals surface area contributed by atoms with Gasteiger partial charge in [0.1, 0.15) is 11.9 Å². The van der Waals surface area contributed by atoms with E-state index >= 15 is 0 Å². The maximum atomic E-state index is 9.55. The molecule has 2 aliphatic rings. The number of aromatic nitrogens is 1. The average molecular weight is 432 g/mol. The van der Waals surface area contributed by atoms with Gasteiger partial charge in [-0.2, -0.15) is 0 Å². The maximum absolute atomic E-state index is 9.55. The van der Waals surface area contributed by atoms with Crippen LogP contribution in [0.15, 0.2) is 60.7 Å². The van der Waals surface area contributed by atoms with E-state index in [2.05, 4.69) is 47.8 Å². The topological polar surface area (TPSA) is 109 Å². The van der Waals surface area contributed by atoms with Crippen LogP contribution in [0, 0.1) is 0 Å². The van der Waals surface area contributed by atoms with Crippen LogP contribution in [-0.4, -0.2) is 33.7 Å². The number of aliphatic carboxylic acids is 2. The van der Waals surface area contributed by atoms with Crippen LogP contribution in [0.3, 0.4) is 0 Å². The van der Waals surface area contributed by atoms with E-state index in [1.165, 1.54) is 35.3 Å². The number of benzene rings is 2. The number of carbonyl (C=O) groups is 2. The summed E-state index contributed by atoms with van der Waals surface area (Å²) in [6.07, 6.45) is 5.83. The quantitative estimate of drug-likeness (QED) is 0.527. The van der Waals surface area contributed by atoms with Crippen LogP contribution in [-0.2, 0) is 22.4 Å². The molecule has 0 radical (unpaired) electrons. The van der Waals surface area contributed by atoms with Gasteiger partial charge in [0, 0.05) is 17.8 Å². The van der Waals surface area contributed by atoms with E-state index in [1.807, 2.05) is 6.07 Å². The van der Waals surface area contributed by atoms with Gasteiger partial charge in [0.15, 0.2) is 0 Å². The summed E-state index contributed by atoms with van der Waals surface area (Å²) >= 11 is 0. The zero-order chi connectivity index (χ0) is 22.5. The van der Waals surface area contributed by atoms with Crippen LogP contribution in [0.25, 0.3) is 10.9 Å². The van der Waals surface area contributed by atoms with Gasteiger partial charge in [0.25, 0.3) is 0 Å². The van der Waals surface area contributed by atoms with Gasteiger partial charge >= 0.3 is 11.9 Å². The summed E-state index contributed by atoms with van der Waals surface area (Å²) in [6, 6.07) is 16.7. The largest absolute Gasteiger partial charge is 0.483 e. The van der Waals surface area contributed by atoms with E-state index < -0.39 is 11.9 Å². The Morgan fingerprint density at radius 2 is 1.69 bits per heavy atom. The lowest BCUT2D eigenvalue weighted by molar-refractivity contribution is -0.134. The van der Waals surface area contributed by atoms with Crippen molar-refractivity contribution in [3.8, 4) is 5.75 Å². The number of carboxylic acids is 2. The standard InChI is InChI=1S/C21H20N2O.C4H4O4/c1-2-7-14(8-3-1)19-13-22-21-15-9-4-5-10-16(15)23-17-11-6-12-18(24-19)20(17)21;5-3(6)1-2-4(7)8/h1-3,6-8,11-12,19,22H,4-5,9-10,13H2;1-2H,(H,5,6)(H,7,8)/b;2-1+. The van der Waals surface area contributed by atoms with Gasteiger partial charge < -0.3 is 20.3 Å². The summed E-state index contributed by atoms with van der Waals surface area (Å²) in [5, 5.41) is 20.5. The molecule has 3 N–H and O–H groups in total. The fourth-order valence-electron chi connectivity index (χ4n) is 4.12. The number of hydrogen-bond donors (Lipinski definition) is 3. The molecule has 2 heterocycles. The van der Waals surface area contributed by atoms with Crippen LogP contribution >= 0.6 is 0 Å². The van der Waals surface area contributed by atoms with E-state index in [-0.39, 0.29) is 6.10 Å². The van der Waals surface area contributed by atoms with E-state index in [0.29, 0.717) is 12.2 Å². The first kappa shape index (κ1) is 21.4. The lowest BCUT2D eigenvalue weighted by atomic mass is 9.92. The Bertz CT molecular complexity index is 1160. The third kappa shape index (κ3) is 4.72. The van der Waals surface area contributed by atoms with Gasteiger partial charge in [-0.05, 0) is 48.9 Å². The molecule has 1 atom stereocenters. The number of rotatable bonds is 3. The zero-order valence-electron chi connectivity index (χ0n) is 17.5. The van der Waals surface area contributed by atoms with E-state index in [4.69, 9.17) is 19.9 Å². The summed E-state index contributed by atoms with van der Waals surface area (Å²) in [5.74, 6) is -1.57. The minimum atomic E-state index is -1.26. The van der Waals surface area contributed by atoms with Crippen molar-refractivity contribution in [3.05, 3.63) is 77.5 Å². The summed E-state index contributed by atoms with van der Waals surface area (Å²) in [6.45, 7) is 0.782. The minimum absolute atomic E-state index is 0.0171. The third-order valence-corrected chi connectivity index (χ3v) is 5.52. The second kappa shape index (κ2) is 9.51. The van der Waals surface area contributed by atoms with Gasteiger partial charge in [-0.15, -0.1) is 0 Å². The molecule has 0 spiro atoms. The highest BCUT2D eigenvalue weighted by Gasteiger charge is 2.25. The predicted octanol–water partition coefficient (Wildman–Crippen LogP) is 4.37. The molecule has 32 heavy (non-hydrogen) atoms. The number of ether oxygens (including phenoxy) is 1. The van der Waals surface area contributed by atoms with Gasteiger partial charge in [-0.1, -0.05) is 36.4 Å². The van der Waals surface area contributed by atoms with Crippen LogP contribution < -0.4 is 10.1 Å². The van der Waals surface area contributed by atoms with Crippen LogP contribution in [0.5, 0.6) is 5.75 Å². The molecule has 1 aliphatic heterocycles. The van der Waals surface area contributed by atoms with Crippen molar-refractivity contribution < 1.29 is 24.5 Å². The number of pyridine rings is 1. The lowest BCUT2D eigenvalue weighted by Gasteiger charge is -2.20. The molecular formula is C25H24N2O5. The number of carboxylic acid groups (broad SMARTS) is 2. The predicted molar refractivity (Wildman–Crippen MR) is 121 cm³/mol. The molecule has 1 unspecified atom stereocenters. The first-order chi connectivity index (χ1) is 15.5. The third-order valence-electron chi connectivity index (χ3n) is 5.52. The van der Waals surface area contributed by atoms with Gasteiger partial charge in [0.05, 0.1) is 23.1 Å². The van der Waals surface area contributed by atoms with Crippen LogP contribution in [0.1, 0.15) is 35.8 Å². The van der Waals surface area contributed by atoms with Gasteiger partial charge in [0.2, 0.25) is 0 Å². The van der Waals surface area contributed by atoms with Crippen molar-refractivity contribution in [2.45, 2.75) is 31.8 Å². The minimum Gasteiger partial charge on any atom is -0.483 e. The molecule has 7 nitrogen and oxygen atoms in total. The number of nitrogens with one attached hydrogen (secondary N) is 1. The smallest absolute Gasteiger partial charge is 0.328 e. The normalized spacial score (nSPS) is 16.7. The molecule has 5 rings (SSSR count). The molecule has 0 bridgehead atoms. The Morgan fingerprint density at radius 3 is 2.41 bits per heavy atom. The Labute approximate surface area is 185 Å². The monoisotopic (exact) mass is 432 g/mol. The number of fused-ring (bicyclic) bond motifs is 2. The summed E-state index contributed by atoms with van der Waals surface area (Å²) < 4.78 is 6.40. The Hall–Kier alpha value is -3.87. The number of aryl methyl sites for hydroxylation is 1. The lowest BCUT2D eigenvalue weighted by Crippen LogP contribution is -2.17. The van der Waals surface area contributed by atoms with E-state index in [9.17, 15) is 9.59 Å².